The Hall–Kier alpha value is -3.63. The fraction of sp³-hybridized carbons (Fsp3) is 0.0800. The number of fused-ring (bicyclic) bond motifs is 5. The normalized spacial score (nSPS) is 11.8. The maximum absolute atomic E-state index is 9.06. The highest BCUT2D eigenvalue weighted by Gasteiger charge is 2.15. The predicted molar refractivity (Wildman–Crippen MR) is 118 cm³/mol. The lowest BCUT2D eigenvalue weighted by Gasteiger charge is -2.09. The fourth-order valence-electron chi connectivity index (χ4n) is 3.86. The van der Waals surface area contributed by atoms with Gasteiger partial charge in [0.2, 0.25) is 0 Å². The van der Waals surface area contributed by atoms with Crippen LogP contribution >= 0.6 is 0 Å². The van der Waals surface area contributed by atoms with Crippen molar-refractivity contribution in [3.8, 4) is 17.0 Å². The number of aliphatic hydroxyl groups is 1. The third-order valence-corrected chi connectivity index (χ3v) is 5.23. The summed E-state index contributed by atoms with van der Waals surface area (Å²) in [5.74, 6) is 0.825. The first-order chi connectivity index (χ1) is 14.3. The summed E-state index contributed by atoms with van der Waals surface area (Å²) in [6.45, 7) is 0.0321. The molecule has 0 fully saturated rings. The Bertz CT molecular complexity index is 1370. The van der Waals surface area contributed by atoms with Crippen LogP contribution in [0.15, 0.2) is 79.0 Å². The Morgan fingerprint density at radius 3 is 2.62 bits per heavy atom. The lowest BCUT2D eigenvalue weighted by molar-refractivity contribution is 0.343. The van der Waals surface area contributed by atoms with Gasteiger partial charge in [0, 0.05) is 28.0 Å². The molecule has 4 heteroatoms. The molecular formula is C25H20N2O2. The van der Waals surface area contributed by atoms with Crippen LogP contribution in [0.5, 0.6) is 5.75 Å². The minimum atomic E-state index is 0.0321. The van der Waals surface area contributed by atoms with Crippen LogP contribution in [0.3, 0.4) is 0 Å². The Morgan fingerprint density at radius 1 is 1.00 bits per heavy atom. The van der Waals surface area contributed by atoms with Crippen LogP contribution in [0, 0.1) is 0 Å². The van der Waals surface area contributed by atoms with E-state index in [1.807, 2.05) is 48.5 Å². The number of para-hydroxylation sites is 1. The van der Waals surface area contributed by atoms with E-state index in [2.05, 4.69) is 34.9 Å². The van der Waals surface area contributed by atoms with Crippen molar-refractivity contribution in [1.82, 2.24) is 9.38 Å². The lowest BCUT2D eigenvalue weighted by atomic mass is 10.1. The van der Waals surface area contributed by atoms with Gasteiger partial charge in [-0.15, -0.1) is 0 Å². The molecule has 0 spiro atoms. The maximum atomic E-state index is 9.06. The van der Waals surface area contributed by atoms with Gasteiger partial charge in [0.1, 0.15) is 5.75 Å². The summed E-state index contributed by atoms with van der Waals surface area (Å²) in [6, 6.07) is 22.7. The second kappa shape index (κ2) is 7.08. The number of hydrogen-bond acceptors (Lipinski definition) is 3. The Labute approximate surface area is 168 Å². The van der Waals surface area contributed by atoms with E-state index in [1.54, 1.807) is 13.2 Å². The van der Waals surface area contributed by atoms with Crippen molar-refractivity contribution >= 4 is 33.4 Å². The van der Waals surface area contributed by atoms with Gasteiger partial charge in [-0.1, -0.05) is 30.4 Å². The van der Waals surface area contributed by atoms with Crippen molar-refractivity contribution in [3.05, 3.63) is 84.6 Å². The molecule has 5 rings (SSSR count). The van der Waals surface area contributed by atoms with Crippen LogP contribution < -0.4 is 4.74 Å². The van der Waals surface area contributed by atoms with E-state index in [4.69, 9.17) is 14.8 Å². The van der Waals surface area contributed by atoms with Crippen LogP contribution in [-0.4, -0.2) is 28.2 Å². The molecular weight excluding hydrogens is 360 g/mol. The first-order valence-electron chi connectivity index (χ1n) is 9.54. The minimum Gasteiger partial charge on any atom is -0.497 e. The Balaban J connectivity index is 1.85. The molecule has 0 saturated heterocycles. The number of hydrogen-bond donors (Lipinski definition) is 1. The smallest absolute Gasteiger partial charge is 0.118 e. The topological polar surface area (TPSA) is 46.8 Å². The van der Waals surface area contributed by atoms with E-state index in [9.17, 15) is 0 Å². The number of aliphatic hydroxyl groups excluding tert-OH is 1. The molecule has 0 unspecified atom stereocenters. The zero-order valence-corrected chi connectivity index (χ0v) is 16.0. The van der Waals surface area contributed by atoms with Crippen molar-refractivity contribution in [1.29, 1.82) is 0 Å². The number of pyridine rings is 2. The average Bonchev–Trinajstić information content (AvgIpc) is 3.16. The minimum absolute atomic E-state index is 0.0321. The molecule has 0 aliphatic heterocycles. The van der Waals surface area contributed by atoms with Crippen molar-refractivity contribution in [2.45, 2.75) is 0 Å². The monoisotopic (exact) mass is 380 g/mol. The van der Waals surface area contributed by atoms with Crippen molar-refractivity contribution in [3.63, 3.8) is 0 Å². The number of methoxy groups -OCH3 is 1. The van der Waals surface area contributed by atoms with Crippen molar-refractivity contribution in [2.75, 3.05) is 13.7 Å². The Kier molecular flexibility index (Phi) is 4.26. The van der Waals surface area contributed by atoms with E-state index >= 15 is 0 Å². The van der Waals surface area contributed by atoms with Crippen LogP contribution in [0.2, 0.25) is 0 Å². The summed E-state index contributed by atoms with van der Waals surface area (Å²) in [7, 11) is 1.67. The summed E-state index contributed by atoms with van der Waals surface area (Å²) in [6.07, 6.45) is 5.74. The summed E-state index contributed by atoms with van der Waals surface area (Å²) in [4.78, 5) is 5.01. The summed E-state index contributed by atoms with van der Waals surface area (Å²) in [5.41, 5.74) is 6.19. The van der Waals surface area contributed by atoms with Gasteiger partial charge in [-0.05, 0) is 54.1 Å². The predicted octanol–water partition coefficient (Wildman–Crippen LogP) is 5.32. The standard InChI is InChI=1S/C25H20N2O2/c1-29-20-10-8-18(9-11-20)24-25-22(21-6-2-3-7-23(21)26-24)16-19-15-17(5-4-14-28)12-13-27(19)25/h2-13,15-16,28H,14H2,1H3/b5-4+. The third-order valence-electron chi connectivity index (χ3n) is 5.23. The molecule has 0 aliphatic carbocycles. The second-order valence-corrected chi connectivity index (χ2v) is 6.95. The number of rotatable bonds is 4. The van der Waals surface area contributed by atoms with E-state index in [1.165, 1.54) is 5.39 Å². The van der Waals surface area contributed by atoms with E-state index in [0.717, 1.165) is 44.5 Å². The number of aromatic nitrogens is 2. The largest absolute Gasteiger partial charge is 0.497 e. The van der Waals surface area contributed by atoms with Gasteiger partial charge in [0.05, 0.1) is 30.4 Å². The number of ether oxygens (including phenoxy) is 1. The number of nitrogens with zero attached hydrogens (tertiary/aromatic N) is 2. The highest BCUT2D eigenvalue weighted by Crippen LogP contribution is 2.35. The van der Waals surface area contributed by atoms with Gasteiger partial charge in [-0.25, -0.2) is 4.98 Å². The molecule has 0 bridgehead atoms. The molecule has 0 atom stereocenters. The molecule has 29 heavy (non-hydrogen) atoms. The maximum Gasteiger partial charge on any atom is 0.118 e. The molecule has 0 saturated carbocycles. The first-order valence-corrected chi connectivity index (χ1v) is 9.54. The van der Waals surface area contributed by atoms with Crippen molar-refractivity contribution < 1.29 is 9.84 Å². The lowest BCUT2D eigenvalue weighted by Crippen LogP contribution is -1.92. The second-order valence-electron chi connectivity index (χ2n) is 6.95. The molecule has 0 amide bonds. The van der Waals surface area contributed by atoms with Crippen LogP contribution in [0.1, 0.15) is 5.56 Å². The molecule has 0 aliphatic rings. The molecule has 1 N–H and O–H groups in total. The summed E-state index contributed by atoms with van der Waals surface area (Å²) >= 11 is 0. The van der Waals surface area contributed by atoms with E-state index < -0.39 is 0 Å². The first kappa shape index (κ1) is 17.5. The Morgan fingerprint density at radius 2 is 1.83 bits per heavy atom. The molecule has 2 aromatic carbocycles. The van der Waals surface area contributed by atoms with E-state index in [0.29, 0.717) is 0 Å². The zero-order valence-electron chi connectivity index (χ0n) is 16.0. The summed E-state index contributed by atoms with van der Waals surface area (Å²) < 4.78 is 7.50. The molecule has 4 nitrogen and oxygen atoms in total. The molecule has 5 aromatic rings. The third kappa shape index (κ3) is 2.94. The van der Waals surface area contributed by atoms with Gasteiger partial charge in [0.15, 0.2) is 0 Å². The molecule has 142 valence electrons. The fourth-order valence-corrected chi connectivity index (χ4v) is 3.86. The van der Waals surface area contributed by atoms with Crippen LogP contribution in [0.4, 0.5) is 0 Å². The quantitative estimate of drug-likeness (QED) is 0.459. The van der Waals surface area contributed by atoms with Gasteiger partial charge in [0.25, 0.3) is 0 Å². The average molecular weight is 380 g/mol. The highest BCUT2D eigenvalue weighted by molar-refractivity contribution is 6.12. The van der Waals surface area contributed by atoms with Gasteiger partial charge in [-0.3, -0.25) is 0 Å². The highest BCUT2D eigenvalue weighted by atomic mass is 16.5. The molecule has 3 heterocycles. The van der Waals surface area contributed by atoms with Crippen molar-refractivity contribution in [2.24, 2.45) is 0 Å². The summed E-state index contributed by atoms with van der Waals surface area (Å²) in [5, 5.41) is 11.4. The van der Waals surface area contributed by atoms with Gasteiger partial charge < -0.3 is 14.2 Å². The molecule has 0 radical (unpaired) electrons. The zero-order chi connectivity index (χ0) is 19.8. The van der Waals surface area contributed by atoms with Gasteiger partial charge in [-0.2, -0.15) is 0 Å². The van der Waals surface area contributed by atoms with Crippen LogP contribution in [0.25, 0.3) is 44.7 Å². The molecule has 3 aromatic heterocycles. The SMILES string of the molecule is COc1ccc(-c2nc3ccccc3c3cc4cc(/C=C/CO)ccn4c23)cc1. The van der Waals surface area contributed by atoms with E-state index in [-0.39, 0.29) is 6.61 Å². The number of benzene rings is 2. The van der Waals surface area contributed by atoms with Gasteiger partial charge >= 0.3 is 0 Å². The van der Waals surface area contributed by atoms with Crippen LogP contribution in [-0.2, 0) is 0 Å².